The Labute approximate surface area is 116 Å². The van der Waals surface area contributed by atoms with Crippen LogP contribution in [-0.2, 0) is 19.4 Å². The number of hydrogen-bond acceptors (Lipinski definition) is 4. The first-order valence-corrected chi connectivity index (χ1v) is 6.66. The van der Waals surface area contributed by atoms with E-state index in [0.29, 0.717) is 11.6 Å². The first-order chi connectivity index (χ1) is 9.72. The molecule has 1 aromatic heterocycles. The Hall–Kier alpha value is -2.30. The number of aromatic nitrogens is 1. The van der Waals surface area contributed by atoms with Crippen molar-refractivity contribution in [1.82, 2.24) is 4.98 Å². The lowest BCUT2D eigenvalue weighted by atomic mass is 10.0. The van der Waals surface area contributed by atoms with Crippen molar-refractivity contribution in [2.45, 2.75) is 32.3 Å². The summed E-state index contributed by atoms with van der Waals surface area (Å²) in [7, 11) is 0. The monoisotopic (exact) mass is 273 g/mol. The van der Waals surface area contributed by atoms with Gasteiger partial charge in [-0.1, -0.05) is 6.07 Å². The summed E-state index contributed by atoms with van der Waals surface area (Å²) < 4.78 is 11.2. The summed E-state index contributed by atoms with van der Waals surface area (Å²) in [5.41, 5.74) is 1.24. The number of nitrogens with zero attached hydrogens (tertiary/aromatic N) is 1. The zero-order chi connectivity index (χ0) is 13.9. The Balaban J connectivity index is 1.68. The number of ether oxygens (including phenoxy) is 1. The van der Waals surface area contributed by atoms with Crippen LogP contribution in [0.2, 0.25) is 0 Å². The molecule has 0 radical (unpaired) electrons. The van der Waals surface area contributed by atoms with Gasteiger partial charge in [-0.3, -0.25) is 0 Å². The van der Waals surface area contributed by atoms with Crippen LogP contribution in [0.1, 0.15) is 40.5 Å². The van der Waals surface area contributed by atoms with Gasteiger partial charge < -0.3 is 14.3 Å². The third kappa shape index (κ3) is 2.66. The van der Waals surface area contributed by atoms with Gasteiger partial charge in [0.2, 0.25) is 5.89 Å². The van der Waals surface area contributed by atoms with Crippen LogP contribution in [0.4, 0.5) is 0 Å². The van der Waals surface area contributed by atoms with E-state index in [1.807, 2.05) is 0 Å². The first kappa shape index (κ1) is 12.7. The molecule has 0 fully saturated rings. The smallest absolute Gasteiger partial charge is 0.335 e. The fourth-order valence-corrected chi connectivity index (χ4v) is 2.33. The molecule has 1 heterocycles. The van der Waals surface area contributed by atoms with Crippen molar-refractivity contribution in [3.05, 3.63) is 47.2 Å². The average molecular weight is 273 g/mol. The van der Waals surface area contributed by atoms with Gasteiger partial charge in [-0.25, -0.2) is 9.78 Å². The molecule has 0 atom stereocenters. The number of hydrogen-bond donors (Lipinski definition) is 1. The molecule has 0 bridgehead atoms. The van der Waals surface area contributed by atoms with Gasteiger partial charge in [-0.2, -0.15) is 0 Å². The average Bonchev–Trinajstić information content (AvgIpc) is 2.88. The Morgan fingerprint density at radius 3 is 3.00 bits per heavy atom. The normalized spacial score (nSPS) is 13.8. The number of carbonyl (C=O) groups is 1. The minimum absolute atomic E-state index is 0.203. The fraction of sp³-hybridized carbons (Fsp3) is 0.333. The zero-order valence-electron chi connectivity index (χ0n) is 11.0. The van der Waals surface area contributed by atoms with Crippen LogP contribution < -0.4 is 4.74 Å². The number of oxazole rings is 1. The summed E-state index contributed by atoms with van der Waals surface area (Å²) in [4.78, 5) is 15.3. The van der Waals surface area contributed by atoms with E-state index in [-0.39, 0.29) is 12.2 Å². The SMILES string of the molecule is O=C(O)c1cccc(OCc2nc3c(o2)CCCC3)c1. The van der Waals surface area contributed by atoms with Crippen LogP contribution in [0.3, 0.4) is 0 Å². The second-order valence-electron chi connectivity index (χ2n) is 4.81. The lowest BCUT2D eigenvalue weighted by molar-refractivity contribution is 0.0696. The van der Waals surface area contributed by atoms with Gasteiger partial charge in [0.25, 0.3) is 0 Å². The fourth-order valence-electron chi connectivity index (χ4n) is 2.33. The highest BCUT2D eigenvalue weighted by atomic mass is 16.5. The lowest BCUT2D eigenvalue weighted by Crippen LogP contribution is -2.00. The number of carboxylic acid groups (broad SMARTS) is 1. The zero-order valence-corrected chi connectivity index (χ0v) is 11.0. The van der Waals surface area contributed by atoms with Crippen molar-refractivity contribution in [1.29, 1.82) is 0 Å². The van der Waals surface area contributed by atoms with E-state index in [4.69, 9.17) is 14.3 Å². The van der Waals surface area contributed by atoms with Crippen molar-refractivity contribution < 1.29 is 19.1 Å². The van der Waals surface area contributed by atoms with Crippen LogP contribution >= 0.6 is 0 Å². The van der Waals surface area contributed by atoms with Crippen LogP contribution in [0.15, 0.2) is 28.7 Å². The van der Waals surface area contributed by atoms with Crippen molar-refractivity contribution in [3.8, 4) is 5.75 Å². The van der Waals surface area contributed by atoms with E-state index in [1.54, 1.807) is 12.1 Å². The van der Waals surface area contributed by atoms with E-state index >= 15 is 0 Å². The molecule has 1 N–H and O–H groups in total. The third-order valence-electron chi connectivity index (χ3n) is 3.33. The van der Waals surface area contributed by atoms with Gasteiger partial charge >= 0.3 is 5.97 Å². The predicted octanol–water partition coefficient (Wildman–Crippen LogP) is 2.83. The Morgan fingerprint density at radius 2 is 2.20 bits per heavy atom. The lowest BCUT2D eigenvalue weighted by Gasteiger charge is -2.05. The first-order valence-electron chi connectivity index (χ1n) is 6.66. The van der Waals surface area contributed by atoms with Crippen molar-refractivity contribution in [2.75, 3.05) is 0 Å². The molecule has 3 rings (SSSR count). The number of fused-ring (bicyclic) bond motifs is 1. The van der Waals surface area contributed by atoms with Crippen molar-refractivity contribution in [2.24, 2.45) is 0 Å². The van der Waals surface area contributed by atoms with Gasteiger partial charge in [0.1, 0.15) is 11.5 Å². The molecule has 0 amide bonds. The van der Waals surface area contributed by atoms with E-state index in [2.05, 4.69) is 4.98 Å². The maximum Gasteiger partial charge on any atom is 0.335 e. The summed E-state index contributed by atoms with van der Waals surface area (Å²) in [6.07, 6.45) is 4.20. The molecule has 5 heteroatoms. The molecule has 104 valence electrons. The van der Waals surface area contributed by atoms with Gasteiger partial charge in [0.05, 0.1) is 11.3 Å². The molecular weight excluding hydrogens is 258 g/mol. The van der Waals surface area contributed by atoms with Crippen LogP contribution in [-0.4, -0.2) is 16.1 Å². The molecule has 1 aliphatic rings. The predicted molar refractivity (Wildman–Crippen MR) is 70.9 cm³/mol. The molecule has 5 nitrogen and oxygen atoms in total. The molecule has 20 heavy (non-hydrogen) atoms. The van der Waals surface area contributed by atoms with E-state index in [1.165, 1.54) is 12.1 Å². The quantitative estimate of drug-likeness (QED) is 0.927. The minimum atomic E-state index is -0.970. The standard InChI is InChI=1S/C15H15NO4/c17-15(18)10-4-3-5-11(8-10)19-9-14-16-12-6-1-2-7-13(12)20-14/h3-5,8H,1-2,6-7,9H2,(H,17,18). The molecule has 1 aliphatic carbocycles. The van der Waals surface area contributed by atoms with Crippen LogP contribution in [0.5, 0.6) is 5.75 Å². The van der Waals surface area contributed by atoms with Crippen LogP contribution in [0, 0.1) is 0 Å². The second-order valence-corrected chi connectivity index (χ2v) is 4.81. The van der Waals surface area contributed by atoms with Gasteiger partial charge in [-0.15, -0.1) is 0 Å². The molecule has 0 saturated heterocycles. The largest absolute Gasteiger partial charge is 0.484 e. The Bertz CT molecular complexity index is 609. The molecule has 0 saturated carbocycles. The van der Waals surface area contributed by atoms with Gasteiger partial charge in [0, 0.05) is 6.42 Å². The molecule has 0 aliphatic heterocycles. The topological polar surface area (TPSA) is 72.6 Å². The third-order valence-corrected chi connectivity index (χ3v) is 3.33. The summed E-state index contributed by atoms with van der Waals surface area (Å²) in [5, 5.41) is 8.92. The highest BCUT2D eigenvalue weighted by Crippen LogP contribution is 2.22. The maximum atomic E-state index is 10.9. The number of aryl methyl sites for hydroxylation is 2. The molecule has 1 aromatic carbocycles. The van der Waals surface area contributed by atoms with Gasteiger partial charge in [-0.05, 0) is 37.5 Å². The summed E-state index contributed by atoms with van der Waals surface area (Å²) in [5.74, 6) is 1.05. The molecule has 0 unspecified atom stereocenters. The van der Waals surface area contributed by atoms with Gasteiger partial charge in [0.15, 0.2) is 6.61 Å². The highest BCUT2D eigenvalue weighted by Gasteiger charge is 2.17. The Morgan fingerprint density at radius 1 is 1.35 bits per heavy atom. The molecule has 2 aromatic rings. The van der Waals surface area contributed by atoms with E-state index in [9.17, 15) is 4.79 Å². The summed E-state index contributed by atoms with van der Waals surface area (Å²) in [6, 6.07) is 6.39. The minimum Gasteiger partial charge on any atom is -0.484 e. The maximum absolute atomic E-state index is 10.9. The summed E-state index contributed by atoms with van der Waals surface area (Å²) >= 11 is 0. The molecule has 0 spiro atoms. The highest BCUT2D eigenvalue weighted by molar-refractivity contribution is 5.87. The molecular formula is C15H15NO4. The van der Waals surface area contributed by atoms with Crippen molar-refractivity contribution in [3.63, 3.8) is 0 Å². The summed E-state index contributed by atoms with van der Waals surface area (Å²) in [6.45, 7) is 0.218. The Kier molecular flexibility index (Phi) is 3.41. The van der Waals surface area contributed by atoms with E-state index < -0.39 is 5.97 Å². The number of aromatic carboxylic acids is 1. The van der Waals surface area contributed by atoms with Crippen LogP contribution in [0.25, 0.3) is 0 Å². The second kappa shape index (κ2) is 5.36. The number of carboxylic acids is 1. The van der Waals surface area contributed by atoms with E-state index in [0.717, 1.165) is 37.1 Å². The van der Waals surface area contributed by atoms with Crippen molar-refractivity contribution >= 4 is 5.97 Å². The number of benzene rings is 1. The number of rotatable bonds is 4.